The maximum Gasteiger partial charge on any atom is 0.245 e. The number of benzene rings is 1. The van der Waals surface area contributed by atoms with Crippen LogP contribution in [0.25, 0.3) is 0 Å². The van der Waals surface area contributed by atoms with Crippen molar-refractivity contribution in [3.8, 4) is 0 Å². The number of likely N-dealkylation sites (N-methyl/N-ethyl adjacent to an activating group) is 2. The third kappa shape index (κ3) is 1.60. The summed E-state index contributed by atoms with van der Waals surface area (Å²) in [6.07, 6.45) is 0. The fourth-order valence-corrected chi connectivity index (χ4v) is 2.10. The first kappa shape index (κ1) is 10.8. The molecule has 1 amide bonds. The Hall–Kier alpha value is -1.71. The largest absolute Gasteiger partial charge is 0.399 e. The normalized spacial score (nSPS) is 20.7. The molecule has 0 radical (unpaired) electrons. The zero-order valence-electron chi connectivity index (χ0n) is 9.90. The van der Waals surface area contributed by atoms with Crippen molar-refractivity contribution in [2.45, 2.75) is 19.5 Å². The van der Waals surface area contributed by atoms with E-state index in [4.69, 9.17) is 5.73 Å². The minimum Gasteiger partial charge on any atom is -0.399 e. The number of nitrogens with two attached hydrogens (primary N) is 1. The summed E-state index contributed by atoms with van der Waals surface area (Å²) in [5, 5.41) is 0. The highest BCUT2D eigenvalue weighted by Gasteiger charge is 2.27. The third-order valence-corrected chi connectivity index (χ3v) is 3.21. The molecule has 4 nitrogen and oxygen atoms in total. The topological polar surface area (TPSA) is 49.6 Å². The van der Waals surface area contributed by atoms with Gasteiger partial charge in [0.05, 0.1) is 0 Å². The molecule has 0 aromatic heterocycles. The molecule has 1 aromatic rings. The second-order valence-electron chi connectivity index (χ2n) is 4.37. The van der Waals surface area contributed by atoms with E-state index in [1.165, 1.54) is 0 Å². The summed E-state index contributed by atoms with van der Waals surface area (Å²) in [7, 11) is 3.77. The predicted molar refractivity (Wildman–Crippen MR) is 65.2 cm³/mol. The van der Waals surface area contributed by atoms with Gasteiger partial charge < -0.3 is 15.5 Å². The molecule has 0 bridgehead atoms. The highest BCUT2D eigenvalue weighted by molar-refractivity contribution is 5.86. The van der Waals surface area contributed by atoms with Crippen LogP contribution < -0.4 is 10.6 Å². The lowest BCUT2D eigenvalue weighted by molar-refractivity contribution is -0.131. The second kappa shape index (κ2) is 3.70. The molecular weight excluding hydrogens is 202 g/mol. The van der Waals surface area contributed by atoms with E-state index in [1.54, 1.807) is 4.90 Å². The monoisotopic (exact) mass is 219 g/mol. The maximum atomic E-state index is 12.0. The molecule has 0 spiro atoms. The van der Waals surface area contributed by atoms with Crippen LogP contribution in [0.15, 0.2) is 18.2 Å². The van der Waals surface area contributed by atoms with Crippen LogP contribution in [0.3, 0.4) is 0 Å². The van der Waals surface area contributed by atoms with E-state index in [2.05, 4.69) is 0 Å². The third-order valence-electron chi connectivity index (χ3n) is 3.21. The number of hydrogen-bond acceptors (Lipinski definition) is 3. The van der Waals surface area contributed by atoms with Gasteiger partial charge in [0.1, 0.15) is 6.04 Å². The number of carbonyl (C=O) groups is 1. The highest BCUT2D eigenvalue weighted by Crippen LogP contribution is 2.28. The lowest BCUT2D eigenvalue weighted by atomic mass is 10.1. The SMILES string of the molecule is CC1C(=O)N(C)Cc2cc(N)ccc2N1C. The first-order chi connectivity index (χ1) is 7.50. The van der Waals surface area contributed by atoms with Crippen molar-refractivity contribution in [2.75, 3.05) is 24.7 Å². The average molecular weight is 219 g/mol. The van der Waals surface area contributed by atoms with Crippen LogP contribution in [0.2, 0.25) is 0 Å². The molecule has 4 heteroatoms. The number of fused-ring (bicyclic) bond motifs is 1. The van der Waals surface area contributed by atoms with E-state index in [0.717, 1.165) is 16.9 Å². The molecule has 1 atom stereocenters. The Morgan fingerprint density at radius 1 is 1.38 bits per heavy atom. The van der Waals surface area contributed by atoms with Gasteiger partial charge in [-0.15, -0.1) is 0 Å². The van der Waals surface area contributed by atoms with Crippen LogP contribution in [0.4, 0.5) is 11.4 Å². The van der Waals surface area contributed by atoms with Crippen molar-refractivity contribution < 1.29 is 4.79 Å². The Bertz CT molecular complexity index is 430. The Morgan fingerprint density at radius 3 is 2.75 bits per heavy atom. The molecule has 0 saturated carbocycles. The summed E-state index contributed by atoms with van der Waals surface area (Å²) in [5.41, 5.74) is 8.69. The highest BCUT2D eigenvalue weighted by atomic mass is 16.2. The van der Waals surface area contributed by atoms with Crippen LogP contribution in [-0.4, -0.2) is 30.9 Å². The van der Waals surface area contributed by atoms with Crippen molar-refractivity contribution in [1.82, 2.24) is 4.90 Å². The molecule has 86 valence electrons. The number of hydrogen-bond donors (Lipinski definition) is 1. The summed E-state index contributed by atoms with van der Waals surface area (Å²) < 4.78 is 0. The standard InChI is InChI=1S/C12H17N3O/c1-8-12(16)14(2)7-9-6-10(13)4-5-11(9)15(8)3/h4-6,8H,7,13H2,1-3H3. The van der Waals surface area contributed by atoms with E-state index in [-0.39, 0.29) is 11.9 Å². The lowest BCUT2D eigenvalue weighted by Crippen LogP contribution is -2.41. The van der Waals surface area contributed by atoms with Crippen molar-refractivity contribution in [1.29, 1.82) is 0 Å². The van der Waals surface area contributed by atoms with Crippen LogP contribution in [0.5, 0.6) is 0 Å². The number of amides is 1. The Kier molecular flexibility index (Phi) is 2.50. The van der Waals surface area contributed by atoms with Crippen molar-refractivity contribution in [2.24, 2.45) is 0 Å². The van der Waals surface area contributed by atoms with Gasteiger partial charge in [0.15, 0.2) is 0 Å². The van der Waals surface area contributed by atoms with E-state index in [0.29, 0.717) is 6.54 Å². The van der Waals surface area contributed by atoms with Crippen LogP contribution >= 0.6 is 0 Å². The molecule has 2 rings (SSSR count). The number of nitrogen functional groups attached to an aromatic ring is 1. The molecule has 0 saturated heterocycles. The maximum absolute atomic E-state index is 12.0. The number of anilines is 2. The molecule has 1 aliphatic rings. The van der Waals surface area contributed by atoms with Crippen molar-refractivity contribution in [3.63, 3.8) is 0 Å². The molecule has 1 unspecified atom stereocenters. The molecule has 16 heavy (non-hydrogen) atoms. The van der Waals surface area contributed by atoms with Crippen LogP contribution in [0, 0.1) is 0 Å². The average Bonchev–Trinajstić information content (AvgIpc) is 2.32. The van der Waals surface area contributed by atoms with Crippen molar-refractivity contribution >= 4 is 17.3 Å². The van der Waals surface area contributed by atoms with E-state index < -0.39 is 0 Å². The molecule has 0 aliphatic carbocycles. The van der Waals surface area contributed by atoms with Crippen molar-refractivity contribution in [3.05, 3.63) is 23.8 Å². The Balaban J connectivity index is 2.51. The smallest absolute Gasteiger partial charge is 0.245 e. The van der Waals surface area contributed by atoms with Gasteiger partial charge in [-0.25, -0.2) is 0 Å². The lowest BCUT2D eigenvalue weighted by Gasteiger charge is -2.25. The van der Waals surface area contributed by atoms with Gasteiger partial charge in [0.2, 0.25) is 5.91 Å². The Labute approximate surface area is 95.6 Å². The minimum atomic E-state index is -0.130. The van der Waals surface area contributed by atoms with Gasteiger partial charge in [-0.2, -0.15) is 0 Å². The first-order valence-corrected chi connectivity index (χ1v) is 5.37. The van der Waals surface area contributed by atoms with Crippen LogP contribution in [0.1, 0.15) is 12.5 Å². The zero-order chi connectivity index (χ0) is 11.9. The molecule has 0 fully saturated rings. The quantitative estimate of drug-likeness (QED) is 0.664. The number of carbonyl (C=O) groups excluding carboxylic acids is 1. The molecule has 2 N–H and O–H groups in total. The summed E-state index contributed by atoms with van der Waals surface area (Å²) >= 11 is 0. The predicted octanol–water partition coefficient (Wildman–Crippen LogP) is 1.07. The molecule has 1 aliphatic heterocycles. The van der Waals surface area contributed by atoms with Crippen LogP contribution in [-0.2, 0) is 11.3 Å². The number of rotatable bonds is 0. The minimum absolute atomic E-state index is 0.130. The number of nitrogens with zero attached hydrogens (tertiary/aromatic N) is 2. The van der Waals surface area contributed by atoms with Gasteiger partial charge in [-0.05, 0) is 30.7 Å². The summed E-state index contributed by atoms with van der Waals surface area (Å²) in [5.74, 6) is 0.136. The fraction of sp³-hybridized carbons (Fsp3) is 0.417. The second-order valence-corrected chi connectivity index (χ2v) is 4.37. The van der Waals surface area contributed by atoms with Gasteiger partial charge in [0.25, 0.3) is 0 Å². The van der Waals surface area contributed by atoms with E-state index >= 15 is 0 Å². The van der Waals surface area contributed by atoms with Gasteiger partial charge >= 0.3 is 0 Å². The van der Waals surface area contributed by atoms with E-state index in [9.17, 15) is 4.79 Å². The molecule has 1 heterocycles. The Morgan fingerprint density at radius 2 is 2.06 bits per heavy atom. The summed E-state index contributed by atoms with van der Waals surface area (Å²) in [6.45, 7) is 2.54. The summed E-state index contributed by atoms with van der Waals surface area (Å²) in [6, 6.07) is 5.66. The van der Waals surface area contributed by atoms with E-state index in [1.807, 2.05) is 44.1 Å². The van der Waals surface area contributed by atoms with Gasteiger partial charge in [0, 0.05) is 32.0 Å². The molecule has 1 aromatic carbocycles. The molecular formula is C12H17N3O. The summed E-state index contributed by atoms with van der Waals surface area (Å²) in [4.78, 5) is 15.7. The van der Waals surface area contributed by atoms with Gasteiger partial charge in [-0.3, -0.25) is 4.79 Å². The van der Waals surface area contributed by atoms with Gasteiger partial charge in [-0.1, -0.05) is 0 Å². The zero-order valence-corrected chi connectivity index (χ0v) is 9.90. The fourth-order valence-electron chi connectivity index (χ4n) is 2.10. The first-order valence-electron chi connectivity index (χ1n) is 5.37.